The Balaban J connectivity index is 1.66. The van der Waals surface area contributed by atoms with Gasteiger partial charge in [0.1, 0.15) is 11.5 Å². The third kappa shape index (κ3) is 3.81. The van der Waals surface area contributed by atoms with E-state index in [0.717, 1.165) is 16.7 Å². The van der Waals surface area contributed by atoms with Crippen LogP contribution in [0.5, 0.6) is 0 Å². The van der Waals surface area contributed by atoms with Crippen molar-refractivity contribution in [2.24, 2.45) is 0 Å². The van der Waals surface area contributed by atoms with E-state index in [1.54, 1.807) is 12.3 Å². The summed E-state index contributed by atoms with van der Waals surface area (Å²) in [6, 6.07) is 13.6. The minimum atomic E-state index is 0.193. The summed E-state index contributed by atoms with van der Waals surface area (Å²) in [7, 11) is 0. The standard InChI is InChI=1S/C16H16BrN5O/c17-13-14(12-7-4-10-23-12)21-16(18)22-15(13)20-9-8-19-11-5-2-1-3-6-11/h1-7,10,19H,8-9H2,(H3,18,20,21,22). The predicted molar refractivity (Wildman–Crippen MR) is 95.3 cm³/mol. The fraction of sp³-hybridized carbons (Fsp3) is 0.125. The van der Waals surface area contributed by atoms with Gasteiger partial charge in [0.05, 0.1) is 10.7 Å². The predicted octanol–water partition coefficient (Wildman–Crippen LogP) is 3.61. The lowest BCUT2D eigenvalue weighted by molar-refractivity contribution is 0.579. The number of aromatic nitrogens is 2. The highest BCUT2D eigenvalue weighted by Crippen LogP contribution is 2.32. The third-order valence-corrected chi connectivity index (χ3v) is 3.89. The molecule has 0 spiro atoms. The molecule has 0 bridgehead atoms. The van der Waals surface area contributed by atoms with Crippen LogP contribution >= 0.6 is 15.9 Å². The first-order valence-electron chi connectivity index (χ1n) is 7.14. The van der Waals surface area contributed by atoms with Crippen LogP contribution in [0.4, 0.5) is 17.5 Å². The van der Waals surface area contributed by atoms with Crippen LogP contribution in [0, 0.1) is 0 Å². The van der Waals surface area contributed by atoms with E-state index in [9.17, 15) is 0 Å². The zero-order valence-corrected chi connectivity index (χ0v) is 13.9. The molecule has 7 heteroatoms. The highest BCUT2D eigenvalue weighted by Gasteiger charge is 2.14. The third-order valence-electron chi connectivity index (χ3n) is 3.14. The number of nitrogens with two attached hydrogens (primary N) is 1. The lowest BCUT2D eigenvalue weighted by Gasteiger charge is -2.11. The summed E-state index contributed by atoms with van der Waals surface area (Å²) < 4.78 is 6.10. The Morgan fingerprint density at radius 3 is 2.52 bits per heavy atom. The number of hydrogen-bond acceptors (Lipinski definition) is 6. The lowest BCUT2D eigenvalue weighted by atomic mass is 10.3. The second-order valence-corrected chi connectivity index (χ2v) is 5.58. The van der Waals surface area contributed by atoms with Gasteiger partial charge in [0.15, 0.2) is 5.76 Å². The molecule has 0 aliphatic rings. The van der Waals surface area contributed by atoms with Crippen LogP contribution in [0.3, 0.4) is 0 Å². The Kier molecular flexibility index (Phi) is 4.77. The van der Waals surface area contributed by atoms with Gasteiger partial charge in [-0.25, -0.2) is 4.98 Å². The molecule has 4 N–H and O–H groups in total. The van der Waals surface area contributed by atoms with Crippen molar-refractivity contribution in [1.82, 2.24) is 9.97 Å². The second kappa shape index (κ2) is 7.15. The summed E-state index contributed by atoms with van der Waals surface area (Å²) >= 11 is 3.51. The maximum absolute atomic E-state index is 5.79. The number of nitrogens with one attached hydrogen (secondary N) is 2. The Morgan fingerprint density at radius 2 is 1.78 bits per heavy atom. The number of hydrogen-bond donors (Lipinski definition) is 3. The van der Waals surface area contributed by atoms with E-state index in [2.05, 4.69) is 36.5 Å². The molecule has 1 aromatic carbocycles. The zero-order chi connectivity index (χ0) is 16.1. The largest absolute Gasteiger partial charge is 0.463 e. The zero-order valence-electron chi connectivity index (χ0n) is 12.3. The second-order valence-electron chi connectivity index (χ2n) is 4.79. The van der Waals surface area contributed by atoms with Gasteiger partial charge in [-0.05, 0) is 40.2 Å². The molecule has 2 heterocycles. The molecule has 3 rings (SSSR count). The topological polar surface area (TPSA) is 89.0 Å². The molecule has 0 fully saturated rings. The van der Waals surface area contributed by atoms with Crippen LogP contribution in [0.1, 0.15) is 0 Å². The summed E-state index contributed by atoms with van der Waals surface area (Å²) in [6.07, 6.45) is 1.59. The monoisotopic (exact) mass is 373 g/mol. The van der Waals surface area contributed by atoms with Crippen molar-refractivity contribution in [3.8, 4) is 11.5 Å². The molecule has 6 nitrogen and oxygen atoms in total. The maximum atomic E-state index is 5.79. The normalized spacial score (nSPS) is 10.5. The minimum Gasteiger partial charge on any atom is -0.463 e. The molecule has 0 unspecified atom stereocenters. The van der Waals surface area contributed by atoms with Gasteiger partial charge in [0, 0.05) is 18.8 Å². The molecule has 2 aromatic heterocycles. The smallest absolute Gasteiger partial charge is 0.222 e. The van der Waals surface area contributed by atoms with Crippen LogP contribution in [0.15, 0.2) is 57.6 Å². The van der Waals surface area contributed by atoms with Crippen molar-refractivity contribution in [3.63, 3.8) is 0 Å². The molecule has 0 atom stereocenters. The molecule has 0 aliphatic carbocycles. The van der Waals surface area contributed by atoms with E-state index < -0.39 is 0 Å². The van der Waals surface area contributed by atoms with E-state index in [1.165, 1.54) is 0 Å². The highest BCUT2D eigenvalue weighted by molar-refractivity contribution is 9.10. The van der Waals surface area contributed by atoms with E-state index in [-0.39, 0.29) is 5.95 Å². The van der Waals surface area contributed by atoms with Gasteiger partial charge in [-0.3, -0.25) is 0 Å². The van der Waals surface area contributed by atoms with E-state index in [4.69, 9.17) is 10.2 Å². The van der Waals surface area contributed by atoms with Gasteiger partial charge >= 0.3 is 0 Å². The Morgan fingerprint density at radius 1 is 1.00 bits per heavy atom. The number of rotatable bonds is 6. The molecule has 0 saturated carbocycles. The Hall–Kier alpha value is -2.54. The number of nitrogen functional groups attached to an aromatic ring is 1. The van der Waals surface area contributed by atoms with Gasteiger partial charge in [0.25, 0.3) is 0 Å². The van der Waals surface area contributed by atoms with Crippen molar-refractivity contribution in [2.45, 2.75) is 0 Å². The number of furan rings is 1. The van der Waals surface area contributed by atoms with E-state index in [1.807, 2.05) is 36.4 Å². The van der Waals surface area contributed by atoms with E-state index in [0.29, 0.717) is 23.8 Å². The number of nitrogens with zero attached hydrogens (tertiary/aromatic N) is 2. The average molecular weight is 374 g/mol. The molecule has 3 aromatic rings. The van der Waals surface area contributed by atoms with Crippen LogP contribution in [0.2, 0.25) is 0 Å². The minimum absolute atomic E-state index is 0.193. The van der Waals surface area contributed by atoms with Crippen molar-refractivity contribution >= 4 is 33.4 Å². The SMILES string of the molecule is Nc1nc(NCCNc2ccccc2)c(Br)c(-c2ccco2)n1. The number of halogens is 1. The molecule has 0 amide bonds. The lowest BCUT2D eigenvalue weighted by Crippen LogP contribution is -2.15. The van der Waals surface area contributed by atoms with E-state index >= 15 is 0 Å². The van der Waals surface area contributed by atoms with Gasteiger partial charge in [0.2, 0.25) is 5.95 Å². The Bertz CT molecular complexity index is 762. The molecular formula is C16H16BrN5O. The summed E-state index contributed by atoms with van der Waals surface area (Å²) in [5.41, 5.74) is 7.49. The molecule has 0 saturated heterocycles. The van der Waals surface area contributed by atoms with Crippen LogP contribution < -0.4 is 16.4 Å². The number of benzene rings is 1. The molecule has 23 heavy (non-hydrogen) atoms. The fourth-order valence-electron chi connectivity index (χ4n) is 2.10. The fourth-order valence-corrected chi connectivity index (χ4v) is 2.61. The summed E-state index contributed by atoms with van der Waals surface area (Å²) in [5.74, 6) is 1.47. The summed E-state index contributed by atoms with van der Waals surface area (Å²) in [6.45, 7) is 1.43. The van der Waals surface area contributed by atoms with Crippen molar-refractivity contribution in [3.05, 3.63) is 53.2 Å². The van der Waals surface area contributed by atoms with Crippen LogP contribution in [0.25, 0.3) is 11.5 Å². The molecule has 0 radical (unpaired) electrons. The quantitative estimate of drug-likeness (QED) is 0.572. The molecular weight excluding hydrogens is 358 g/mol. The molecule has 0 aliphatic heterocycles. The molecule has 118 valence electrons. The first kappa shape index (κ1) is 15.4. The van der Waals surface area contributed by atoms with Gasteiger partial charge < -0.3 is 20.8 Å². The van der Waals surface area contributed by atoms with Gasteiger partial charge in [-0.1, -0.05) is 18.2 Å². The van der Waals surface area contributed by atoms with Crippen molar-refractivity contribution in [2.75, 3.05) is 29.5 Å². The number of anilines is 3. The first-order valence-corrected chi connectivity index (χ1v) is 7.93. The summed E-state index contributed by atoms with van der Waals surface area (Å²) in [5, 5.41) is 6.56. The van der Waals surface area contributed by atoms with Crippen LogP contribution in [-0.2, 0) is 0 Å². The Labute approximate surface area is 142 Å². The first-order chi connectivity index (χ1) is 11.2. The highest BCUT2D eigenvalue weighted by atomic mass is 79.9. The average Bonchev–Trinajstić information content (AvgIpc) is 3.09. The summed E-state index contributed by atoms with van der Waals surface area (Å²) in [4.78, 5) is 8.45. The van der Waals surface area contributed by atoms with Crippen molar-refractivity contribution < 1.29 is 4.42 Å². The van der Waals surface area contributed by atoms with Crippen LogP contribution in [-0.4, -0.2) is 23.1 Å². The van der Waals surface area contributed by atoms with Gasteiger partial charge in [-0.2, -0.15) is 4.98 Å². The number of para-hydroxylation sites is 1. The van der Waals surface area contributed by atoms with Gasteiger partial charge in [-0.15, -0.1) is 0 Å². The van der Waals surface area contributed by atoms with Crippen molar-refractivity contribution in [1.29, 1.82) is 0 Å². The maximum Gasteiger partial charge on any atom is 0.222 e.